The molecule has 0 spiro atoms. The third kappa shape index (κ3) is 3.04. The van der Waals surface area contributed by atoms with Crippen molar-refractivity contribution in [1.82, 2.24) is 9.58 Å². The number of nitrogens with zero attached hydrogens (tertiary/aromatic N) is 4. The van der Waals surface area contributed by atoms with Gasteiger partial charge in [0.15, 0.2) is 10.2 Å². The van der Waals surface area contributed by atoms with Crippen LogP contribution in [0.5, 0.6) is 0 Å². The van der Waals surface area contributed by atoms with E-state index >= 15 is 0 Å². The standard InChI is InChI=1S/C19H17N5OS2/c1-11-9-13(12(2)23(11)14-7-5-4-6-8-14)10-15-16(20)24-18(21-17(15)25)27-19(22-24)26-3/h4-10,20H,1-3H3/b15-10+,20-16?. The maximum Gasteiger partial charge on any atom is 0.283 e. The number of thioether (sulfide) groups is 2. The SMILES string of the molecule is CSC1=NN2C(=N)/C(=C\c3cc(C)n(-c4ccccc4)c3C)C(=O)N=C2S1. The molecule has 0 atom stereocenters. The van der Waals surface area contributed by atoms with Crippen molar-refractivity contribution in [3.8, 4) is 5.69 Å². The average molecular weight is 396 g/mol. The third-order valence-electron chi connectivity index (χ3n) is 4.40. The van der Waals surface area contributed by atoms with Crippen LogP contribution in [0.1, 0.15) is 17.0 Å². The van der Waals surface area contributed by atoms with Crippen molar-refractivity contribution >= 4 is 50.9 Å². The predicted octanol–water partition coefficient (Wildman–Crippen LogP) is 4.03. The molecule has 0 saturated carbocycles. The number of aryl methyl sites for hydroxylation is 1. The number of hydrogen-bond donors (Lipinski definition) is 1. The molecule has 0 unspecified atom stereocenters. The summed E-state index contributed by atoms with van der Waals surface area (Å²) >= 11 is 2.79. The quantitative estimate of drug-likeness (QED) is 0.779. The Bertz CT molecular complexity index is 1050. The first-order valence-electron chi connectivity index (χ1n) is 8.28. The van der Waals surface area contributed by atoms with Gasteiger partial charge < -0.3 is 4.57 Å². The molecule has 0 fully saturated rings. The number of hydrogen-bond acceptors (Lipinski definition) is 5. The maximum atomic E-state index is 12.5. The van der Waals surface area contributed by atoms with Gasteiger partial charge in [0.25, 0.3) is 5.91 Å². The molecule has 0 saturated heterocycles. The second-order valence-corrected chi connectivity index (χ2v) is 8.10. The minimum atomic E-state index is -0.402. The molecule has 1 amide bonds. The van der Waals surface area contributed by atoms with Gasteiger partial charge in [0.1, 0.15) is 0 Å². The Kier molecular flexibility index (Phi) is 4.53. The normalized spacial score (nSPS) is 18.0. The number of amidine groups is 2. The van der Waals surface area contributed by atoms with Gasteiger partial charge in [-0.05, 0) is 61.7 Å². The van der Waals surface area contributed by atoms with Crippen molar-refractivity contribution in [2.45, 2.75) is 13.8 Å². The van der Waals surface area contributed by atoms with E-state index < -0.39 is 5.91 Å². The molecule has 0 bridgehead atoms. The van der Waals surface area contributed by atoms with Crippen LogP contribution in [-0.4, -0.2) is 37.1 Å². The Balaban J connectivity index is 1.76. The molecule has 1 aromatic carbocycles. The average Bonchev–Trinajstić information content (AvgIpc) is 3.20. The molecular formula is C19H17N5OS2. The highest BCUT2D eigenvalue weighted by Gasteiger charge is 2.35. The van der Waals surface area contributed by atoms with Gasteiger partial charge in [-0.2, -0.15) is 10.0 Å². The first-order valence-corrected chi connectivity index (χ1v) is 10.3. The maximum absolute atomic E-state index is 12.5. The van der Waals surface area contributed by atoms with Gasteiger partial charge in [0.2, 0.25) is 5.17 Å². The van der Waals surface area contributed by atoms with Gasteiger partial charge >= 0.3 is 0 Å². The van der Waals surface area contributed by atoms with Crippen LogP contribution in [0.2, 0.25) is 0 Å². The number of para-hydroxylation sites is 1. The monoisotopic (exact) mass is 395 g/mol. The van der Waals surface area contributed by atoms with Crippen molar-refractivity contribution in [3.05, 3.63) is 58.9 Å². The Hall–Kier alpha value is -2.58. The van der Waals surface area contributed by atoms with Crippen molar-refractivity contribution < 1.29 is 4.79 Å². The second-order valence-electron chi connectivity index (χ2n) is 6.09. The van der Waals surface area contributed by atoms with E-state index in [0.29, 0.717) is 5.17 Å². The van der Waals surface area contributed by atoms with Crippen LogP contribution in [0.15, 0.2) is 52.1 Å². The van der Waals surface area contributed by atoms with Crippen LogP contribution < -0.4 is 0 Å². The molecule has 2 aliphatic heterocycles. The van der Waals surface area contributed by atoms with Crippen LogP contribution in [0, 0.1) is 19.3 Å². The fourth-order valence-corrected chi connectivity index (χ4v) is 4.47. The van der Waals surface area contributed by atoms with Crippen LogP contribution in [0.25, 0.3) is 11.8 Å². The zero-order valence-corrected chi connectivity index (χ0v) is 16.7. The predicted molar refractivity (Wildman–Crippen MR) is 114 cm³/mol. The number of aliphatic imine (C=N–C) groups is 1. The Morgan fingerprint density at radius 3 is 2.67 bits per heavy atom. The van der Waals surface area contributed by atoms with E-state index in [9.17, 15) is 4.79 Å². The van der Waals surface area contributed by atoms with Crippen molar-refractivity contribution in [2.75, 3.05) is 6.26 Å². The number of nitrogens with one attached hydrogen (secondary N) is 1. The largest absolute Gasteiger partial charge is 0.318 e. The number of hydrazone groups is 1. The zero-order valence-electron chi connectivity index (χ0n) is 15.1. The Morgan fingerprint density at radius 1 is 1.22 bits per heavy atom. The summed E-state index contributed by atoms with van der Waals surface area (Å²) in [4.78, 5) is 16.6. The molecule has 3 heterocycles. The lowest BCUT2D eigenvalue weighted by atomic mass is 10.1. The number of fused-ring (bicyclic) bond motifs is 1. The topological polar surface area (TPSA) is 73.8 Å². The lowest BCUT2D eigenvalue weighted by Gasteiger charge is -2.20. The van der Waals surface area contributed by atoms with E-state index in [2.05, 4.69) is 14.7 Å². The third-order valence-corrected chi connectivity index (χ3v) is 6.28. The Morgan fingerprint density at radius 2 is 1.96 bits per heavy atom. The molecule has 8 heteroatoms. The van der Waals surface area contributed by atoms with E-state index in [4.69, 9.17) is 5.41 Å². The summed E-state index contributed by atoms with van der Waals surface area (Å²) < 4.78 is 2.91. The number of carbonyl (C=O) groups excluding carboxylic acids is 1. The lowest BCUT2D eigenvalue weighted by molar-refractivity contribution is -0.114. The van der Waals surface area contributed by atoms with Crippen molar-refractivity contribution in [2.24, 2.45) is 10.1 Å². The fourth-order valence-electron chi connectivity index (χ4n) is 3.12. The van der Waals surface area contributed by atoms with E-state index in [-0.39, 0.29) is 11.4 Å². The highest BCUT2D eigenvalue weighted by atomic mass is 32.2. The summed E-state index contributed by atoms with van der Waals surface area (Å²) in [7, 11) is 0. The van der Waals surface area contributed by atoms with Crippen LogP contribution in [-0.2, 0) is 4.79 Å². The fraction of sp³-hybridized carbons (Fsp3) is 0.158. The first-order chi connectivity index (χ1) is 13.0. The van der Waals surface area contributed by atoms with Crippen LogP contribution in [0.4, 0.5) is 0 Å². The number of carbonyl (C=O) groups is 1. The molecule has 136 valence electrons. The number of benzene rings is 1. The van der Waals surface area contributed by atoms with E-state index in [1.54, 1.807) is 6.08 Å². The summed E-state index contributed by atoms with van der Waals surface area (Å²) in [6, 6.07) is 12.1. The van der Waals surface area contributed by atoms with Gasteiger partial charge in [0, 0.05) is 17.1 Å². The number of aromatic nitrogens is 1. The second kappa shape index (κ2) is 6.86. The summed E-state index contributed by atoms with van der Waals surface area (Å²) in [5, 5.41) is 14.7. The smallest absolute Gasteiger partial charge is 0.283 e. The molecule has 0 radical (unpaired) electrons. The highest BCUT2D eigenvalue weighted by Crippen LogP contribution is 2.32. The molecule has 0 aliphatic carbocycles. The van der Waals surface area contributed by atoms with Gasteiger partial charge in [0.05, 0.1) is 5.57 Å². The molecule has 2 aromatic rings. The van der Waals surface area contributed by atoms with Crippen LogP contribution in [0.3, 0.4) is 0 Å². The molecule has 27 heavy (non-hydrogen) atoms. The van der Waals surface area contributed by atoms with Crippen molar-refractivity contribution in [1.29, 1.82) is 5.41 Å². The lowest BCUT2D eigenvalue weighted by Crippen LogP contribution is -2.35. The van der Waals surface area contributed by atoms with E-state index in [0.717, 1.165) is 27.0 Å². The molecular weight excluding hydrogens is 378 g/mol. The molecule has 2 aliphatic rings. The van der Waals surface area contributed by atoms with Crippen molar-refractivity contribution in [3.63, 3.8) is 0 Å². The van der Waals surface area contributed by atoms with Crippen LogP contribution >= 0.6 is 23.5 Å². The van der Waals surface area contributed by atoms with Gasteiger partial charge in [-0.3, -0.25) is 10.2 Å². The highest BCUT2D eigenvalue weighted by molar-refractivity contribution is 8.45. The number of rotatable bonds is 2. The minimum Gasteiger partial charge on any atom is -0.318 e. The molecule has 6 nitrogen and oxygen atoms in total. The minimum absolute atomic E-state index is 0.0612. The van der Waals surface area contributed by atoms with E-state index in [1.807, 2.05) is 56.5 Å². The summed E-state index contributed by atoms with van der Waals surface area (Å²) in [5.41, 5.74) is 4.27. The first kappa shape index (κ1) is 17.8. The van der Waals surface area contributed by atoms with E-state index in [1.165, 1.54) is 28.5 Å². The van der Waals surface area contributed by atoms with Gasteiger partial charge in [-0.25, -0.2) is 0 Å². The summed E-state index contributed by atoms with van der Waals surface area (Å²) in [6.45, 7) is 4.03. The molecule has 4 rings (SSSR count). The number of amides is 1. The molecule has 1 aromatic heterocycles. The summed E-state index contributed by atoms with van der Waals surface area (Å²) in [6.07, 6.45) is 3.65. The van der Waals surface area contributed by atoms with Gasteiger partial charge in [-0.15, -0.1) is 16.9 Å². The zero-order chi connectivity index (χ0) is 19.1. The summed E-state index contributed by atoms with van der Waals surface area (Å²) in [5.74, 6) is -0.341. The Labute approximate surface area is 165 Å². The van der Waals surface area contributed by atoms with Gasteiger partial charge in [-0.1, -0.05) is 18.2 Å². The molecule has 1 N–H and O–H groups in total.